The van der Waals surface area contributed by atoms with E-state index in [1.54, 1.807) is 6.07 Å². The van der Waals surface area contributed by atoms with E-state index in [-0.39, 0.29) is 0 Å². The number of benzene rings is 2. The van der Waals surface area contributed by atoms with Gasteiger partial charge >= 0.3 is 0 Å². The van der Waals surface area contributed by atoms with Gasteiger partial charge in [-0.3, -0.25) is 0 Å². The van der Waals surface area contributed by atoms with Crippen molar-refractivity contribution in [1.82, 2.24) is 0 Å². The van der Waals surface area contributed by atoms with Gasteiger partial charge in [0.25, 0.3) is 0 Å². The average Bonchev–Trinajstić information content (AvgIpc) is 2.80. The first kappa shape index (κ1) is 12.6. The molecule has 0 unspecified atom stereocenters. The van der Waals surface area contributed by atoms with Crippen molar-refractivity contribution in [1.29, 1.82) is 0 Å². The monoisotopic (exact) mass is 292 g/mol. The predicted octanol–water partition coefficient (Wildman–Crippen LogP) is 4.14. The minimum absolute atomic E-state index is 0.597. The maximum atomic E-state index is 6.25. The average molecular weight is 293 g/mol. The van der Waals surface area contributed by atoms with E-state index in [0.29, 0.717) is 10.0 Å². The molecule has 0 spiro atoms. The minimum Gasteiger partial charge on any atom is -0.397 e. The lowest BCUT2D eigenvalue weighted by molar-refractivity contribution is 0.837. The number of fused-ring (bicyclic) bond motifs is 1. The molecular weight excluding hydrogens is 279 g/mol. The highest BCUT2D eigenvalue weighted by molar-refractivity contribution is 6.42. The third kappa shape index (κ3) is 2.26. The van der Waals surface area contributed by atoms with E-state index in [1.165, 1.54) is 5.56 Å². The fourth-order valence-electron chi connectivity index (χ4n) is 2.60. The Morgan fingerprint density at radius 3 is 2.74 bits per heavy atom. The summed E-state index contributed by atoms with van der Waals surface area (Å²) in [6, 6.07) is 11.8. The van der Waals surface area contributed by atoms with Gasteiger partial charge in [-0.05, 0) is 29.7 Å². The number of nitrogens with zero attached hydrogens (tertiary/aromatic N) is 1. The Balaban J connectivity index is 1.93. The highest BCUT2D eigenvalue weighted by atomic mass is 35.5. The van der Waals surface area contributed by atoms with Gasteiger partial charge in [0.05, 0.1) is 21.4 Å². The fraction of sp³-hybridized carbons (Fsp3) is 0.200. The van der Waals surface area contributed by atoms with E-state index in [0.717, 1.165) is 36.4 Å². The summed E-state index contributed by atoms with van der Waals surface area (Å²) in [4.78, 5) is 2.27. The number of nitrogens with two attached hydrogens (primary N) is 1. The minimum atomic E-state index is 0.597. The van der Waals surface area contributed by atoms with E-state index in [1.807, 2.05) is 24.3 Å². The first-order chi connectivity index (χ1) is 9.16. The van der Waals surface area contributed by atoms with Crippen LogP contribution in [-0.4, -0.2) is 6.54 Å². The van der Waals surface area contributed by atoms with Gasteiger partial charge in [-0.2, -0.15) is 0 Å². The summed E-state index contributed by atoms with van der Waals surface area (Å²) in [5, 5.41) is 1.23. The van der Waals surface area contributed by atoms with Gasteiger partial charge in [-0.15, -0.1) is 0 Å². The van der Waals surface area contributed by atoms with Crippen molar-refractivity contribution in [3.63, 3.8) is 0 Å². The van der Waals surface area contributed by atoms with Crippen molar-refractivity contribution in [3.05, 3.63) is 57.6 Å². The summed E-state index contributed by atoms with van der Waals surface area (Å²) in [6.07, 6.45) is 1.03. The van der Waals surface area contributed by atoms with Crippen LogP contribution in [0.25, 0.3) is 0 Å². The molecule has 3 rings (SSSR count). The van der Waals surface area contributed by atoms with Crippen LogP contribution in [0.4, 0.5) is 11.4 Å². The lowest BCUT2D eigenvalue weighted by Crippen LogP contribution is -2.20. The maximum Gasteiger partial charge on any atom is 0.0642 e. The summed E-state index contributed by atoms with van der Waals surface area (Å²) in [5.74, 6) is 0. The molecule has 1 aliphatic heterocycles. The summed E-state index contributed by atoms with van der Waals surface area (Å²) in [6.45, 7) is 1.70. The lowest BCUT2D eigenvalue weighted by Gasteiger charge is -2.21. The Kier molecular flexibility index (Phi) is 3.29. The van der Waals surface area contributed by atoms with Gasteiger partial charge in [0.2, 0.25) is 0 Å². The second kappa shape index (κ2) is 4.95. The van der Waals surface area contributed by atoms with Crippen molar-refractivity contribution >= 4 is 34.6 Å². The number of nitrogen functional groups attached to an aromatic ring is 1. The number of para-hydroxylation sites is 1. The molecule has 0 aromatic heterocycles. The lowest BCUT2D eigenvalue weighted by atomic mass is 10.1. The molecule has 0 aliphatic carbocycles. The maximum absolute atomic E-state index is 6.25. The Bertz CT molecular complexity index is 626. The van der Waals surface area contributed by atoms with Crippen LogP contribution in [0.15, 0.2) is 36.4 Å². The Morgan fingerprint density at radius 1 is 1.11 bits per heavy atom. The third-order valence-corrected chi connectivity index (χ3v) is 4.37. The SMILES string of the molecule is Nc1cccc2c1N(Cc1cccc(Cl)c1Cl)CC2. The van der Waals surface area contributed by atoms with Gasteiger partial charge in [0.15, 0.2) is 0 Å². The van der Waals surface area contributed by atoms with Crippen LogP contribution < -0.4 is 10.6 Å². The molecule has 0 saturated heterocycles. The van der Waals surface area contributed by atoms with Crippen molar-refractivity contribution in [2.24, 2.45) is 0 Å². The van der Waals surface area contributed by atoms with Crippen LogP contribution in [-0.2, 0) is 13.0 Å². The third-order valence-electron chi connectivity index (χ3n) is 3.51. The summed E-state index contributed by atoms with van der Waals surface area (Å²) >= 11 is 12.3. The molecule has 0 fully saturated rings. The number of hydrogen-bond donors (Lipinski definition) is 1. The van der Waals surface area contributed by atoms with Gasteiger partial charge < -0.3 is 10.6 Å². The molecule has 1 heterocycles. The van der Waals surface area contributed by atoms with Gasteiger partial charge in [-0.1, -0.05) is 47.5 Å². The van der Waals surface area contributed by atoms with Crippen LogP contribution in [0.5, 0.6) is 0 Å². The van der Waals surface area contributed by atoms with Crippen molar-refractivity contribution in [3.8, 4) is 0 Å². The van der Waals surface area contributed by atoms with E-state index in [9.17, 15) is 0 Å². The van der Waals surface area contributed by atoms with Gasteiger partial charge in [0, 0.05) is 13.1 Å². The Morgan fingerprint density at radius 2 is 1.89 bits per heavy atom. The molecule has 0 bridgehead atoms. The molecule has 1 aliphatic rings. The quantitative estimate of drug-likeness (QED) is 0.843. The fourth-order valence-corrected chi connectivity index (χ4v) is 2.98. The van der Waals surface area contributed by atoms with E-state index < -0.39 is 0 Å². The van der Waals surface area contributed by atoms with Gasteiger partial charge in [-0.25, -0.2) is 0 Å². The molecule has 98 valence electrons. The second-order valence-electron chi connectivity index (χ2n) is 4.74. The van der Waals surface area contributed by atoms with Crippen LogP contribution in [0.1, 0.15) is 11.1 Å². The first-order valence-electron chi connectivity index (χ1n) is 6.22. The molecule has 0 atom stereocenters. The van der Waals surface area contributed by atoms with Crippen LogP contribution in [0.2, 0.25) is 10.0 Å². The number of hydrogen-bond acceptors (Lipinski definition) is 2. The van der Waals surface area contributed by atoms with Crippen molar-refractivity contribution in [2.75, 3.05) is 17.2 Å². The second-order valence-corrected chi connectivity index (χ2v) is 5.52. The molecule has 2 N–H and O–H groups in total. The molecule has 2 nitrogen and oxygen atoms in total. The van der Waals surface area contributed by atoms with Crippen molar-refractivity contribution in [2.45, 2.75) is 13.0 Å². The predicted molar refractivity (Wildman–Crippen MR) is 82.1 cm³/mol. The smallest absolute Gasteiger partial charge is 0.0642 e. The van der Waals surface area contributed by atoms with Crippen LogP contribution in [0.3, 0.4) is 0 Å². The molecule has 4 heteroatoms. The normalized spacial score (nSPS) is 13.7. The van der Waals surface area contributed by atoms with E-state index in [2.05, 4.69) is 11.0 Å². The standard InChI is InChI=1S/C15H14Cl2N2/c16-12-5-1-4-11(14(12)17)9-19-8-7-10-3-2-6-13(18)15(10)19/h1-6H,7-9,18H2. The topological polar surface area (TPSA) is 29.3 Å². The van der Waals surface area contributed by atoms with Crippen LogP contribution in [0, 0.1) is 0 Å². The molecule has 0 saturated carbocycles. The zero-order valence-electron chi connectivity index (χ0n) is 10.4. The molecule has 0 radical (unpaired) electrons. The largest absolute Gasteiger partial charge is 0.397 e. The van der Waals surface area contributed by atoms with Crippen molar-refractivity contribution < 1.29 is 0 Å². The Hall–Kier alpha value is -1.38. The number of rotatable bonds is 2. The molecular formula is C15H14Cl2N2. The van der Waals surface area contributed by atoms with Crippen LogP contribution >= 0.6 is 23.2 Å². The summed E-state index contributed by atoms with van der Waals surface area (Å²) < 4.78 is 0. The number of halogens is 2. The van der Waals surface area contributed by atoms with E-state index in [4.69, 9.17) is 28.9 Å². The summed E-state index contributed by atoms with van der Waals surface area (Å²) in [5.41, 5.74) is 10.4. The zero-order valence-corrected chi connectivity index (χ0v) is 11.9. The molecule has 2 aromatic rings. The Labute approximate surface area is 122 Å². The highest BCUT2D eigenvalue weighted by Crippen LogP contribution is 2.36. The highest BCUT2D eigenvalue weighted by Gasteiger charge is 2.22. The zero-order chi connectivity index (χ0) is 13.4. The molecule has 19 heavy (non-hydrogen) atoms. The summed E-state index contributed by atoms with van der Waals surface area (Å²) in [7, 11) is 0. The van der Waals surface area contributed by atoms with E-state index >= 15 is 0 Å². The number of anilines is 2. The molecule has 0 amide bonds. The van der Waals surface area contributed by atoms with Gasteiger partial charge in [0.1, 0.15) is 0 Å². The first-order valence-corrected chi connectivity index (χ1v) is 6.97. The molecule has 2 aromatic carbocycles.